The van der Waals surface area contributed by atoms with Crippen LogP contribution in [0.1, 0.15) is 172 Å². The lowest BCUT2D eigenvalue weighted by Gasteiger charge is -2.36. The molecule has 77 heavy (non-hydrogen) atoms. The predicted molar refractivity (Wildman–Crippen MR) is 298 cm³/mol. The summed E-state index contributed by atoms with van der Waals surface area (Å²) in [5.41, 5.74) is 2.86. The van der Waals surface area contributed by atoms with Crippen molar-refractivity contribution in [3.8, 4) is 5.75 Å². The van der Waals surface area contributed by atoms with Crippen LogP contribution in [0.2, 0.25) is 0 Å². The number of piperazine rings is 1. The van der Waals surface area contributed by atoms with Crippen molar-refractivity contribution in [1.82, 2.24) is 44.9 Å². The molecule has 1 aromatic carbocycles. The van der Waals surface area contributed by atoms with Gasteiger partial charge in [-0.2, -0.15) is 4.98 Å². The first-order valence-corrected chi connectivity index (χ1v) is 29.0. The van der Waals surface area contributed by atoms with Gasteiger partial charge in [-0.25, -0.2) is 15.0 Å². The van der Waals surface area contributed by atoms with Gasteiger partial charge in [0.2, 0.25) is 29.5 Å². The van der Waals surface area contributed by atoms with Crippen LogP contribution >= 0.6 is 11.3 Å². The molecule has 5 aromatic rings. The third-order valence-corrected chi connectivity index (χ3v) is 17.2. The zero-order valence-electron chi connectivity index (χ0n) is 45.2. The van der Waals surface area contributed by atoms with Gasteiger partial charge in [-0.3, -0.25) is 33.3 Å². The van der Waals surface area contributed by atoms with Crippen molar-refractivity contribution in [2.24, 2.45) is 5.92 Å². The number of nitrogens with zero attached hydrogens (tertiary/aromatic N) is 8. The number of nitrogens with one attached hydrogen (secondary N) is 3. The number of rotatable bonds is 22. The molecule has 2 saturated heterocycles. The van der Waals surface area contributed by atoms with E-state index in [9.17, 15) is 28.8 Å². The number of likely N-dealkylation sites (N-methyl/N-ethyl adjacent to an activating group) is 1. The molecule has 2 aliphatic heterocycles. The van der Waals surface area contributed by atoms with Crippen LogP contribution in [0.3, 0.4) is 0 Å². The molecule has 0 bridgehead atoms. The number of benzene rings is 1. The Morgan fingerprint density at radius 2 is 1.58 bits per heavy atom. The van der Waals surface area contributed by atoms with E-state index in [4.69, 9.17) is 14.7 Å². The average Bonchev–Trinajstić information content (AvgIpc) is 4.29. The van der Waals surface area contributed by atoms with Gasteiger partial charge in [0.1, 0.15) is 34.0 Å². The van der Waals surface area contributed by atoms with E-state index in [1.54, 1.807) is 49.2 Å². The molecule has 410 valence electrons. The quantitative estimate of drug-likeness (QED) is 0.0437. The number of thiazole rings is 1. The van der Waals surface area contributed by atoms with E-state index in [0.717, 1.165) is 113 Å². The van der Waals surface area contributed by atoms with Gasteiger partial charge in [0.05, 0.1) is 36.1 Å². The number of carbonyl (C=O) groups is 5. The fraction of sp³-hybridized carbons (Fsp3) is 0.552. The summed E-state index contributed by atoms with van der Waals surface area (Å²) in [5, 5.41) is 12.5. The highest BCUT2D eigenvalue weighted by molar-refractivity contribution is 7.10. The zero-order valence-corrected chi connectivity index (χ0v) is 46.0. The summed E-state index contributed by atoms with van der Waals surface area (Å²) in [7, 11) is 1.74. The highest BCUT2D eigenvalue weighted by Gasteiger charge is 2.40. The van der Waals surface area contributed by atoms with Crippen molar-refractivity contribution < 1.29 is 28.7 Å². The van der Waals surface area contributed by atoms with E-state index in [0.29, 0.717) is 91.1 Å². The molecule has 3 atom stereocenters. The van der Waals surface area contributed by atoms with Gasteiger partial charge in [0.25, 0.3) is 5.56 Å². The summed E-state index contributed by atoms with van der Waals surface area (Å²) in [4.78, 5) is 105. The second-order valence-corrected chi connectivity index (χ2v) is 22.3. The molecule has 9 rings (SSSR count). The van der Waals surface area contributed by atoms with Crippen molar-refractivity contribution in [3.05, 3.63) is 91.9 Å². The number of ether oxygens (including phenoxy) is 1. The minimum Gasteiger partial charge on any atom is -0.494 e. The van der Waals surface area contributed by atoms with Gasteiger partial charge in [0.15, 0.2) is 5.78 Å². The van der Waals surface area contributed by atoms with Crippen molar-refractivity contribution >= 4 is 69.1 Å². The minimum absolute atomic E-state index is 0.00582. The van der Waals surface area contributed by atoms with Crippen LogP contribution in [0, 0.1) is 12.8 Å². The molecule has 0 unspecified atom stereocenters. The Hall–Kier alpha value is -6.60. The maximum absolute atomic E-state index is 14.2. The molecule has 4 fully saturated rings. The molecule has 4 aliphatic rings. The lowest BCUT2D eigenvalue weighted by molar-refractivity contribution is -0.139. The predicted octanol–water partition coefficient (Wildman–Crippen LogP) is 8.65. The van der Waals surface area contributed by atoms with Crippen LogP contribution in [-0.4, -0.2) is 122 Å². The molecule has 2 aliphatic carbocycles. The lowest BCUT2D eigenvalue weighted by atomic mass is 9.83. The fourth-order valence-electron chi connectivity index (χ4n) is 11.7. The van der Waals surface area contributed by atoms with Crippen LogP contribution in [0.4, 0.5) is 17.5 Å². The van der Waals surface area contributed by atoms with Gasteiger partial charge in [-0.1, -0.05) is 63.5 Å². The standard InChI is InChI=1S/C58H75N11O7S/c1-37-45-35-61-58(65-53(45)69(42-20-12-13-21-42)56(74)50(37)39(3)70)63-48-26-25-43(34-60-48)66-28-30-67(31-29-66)49(71)24-11-6-5-7-14-32-76-44-22-15-19-41(33-44)52(72)46-36-77-55(62-46)47-23-16-27-68(47)57(75)51(40-17-9-8-10-18-40)64-54(73)38(2)59-4/h15,19,22,25-26,33-36,38,40,42,47,51,59H,5-14,16-18,20-21,23-24,27-32H2,1-4H3,(H,64,73)(H,60,61,63,65)/t38-,47-,51-/m0/s1. The Labute approximate surface area is 455 Å². The maximum atomic E-state index is 14.2. The number of pyridine rings is 2. The number of anilines is 3. The van der Waals surface area contributed by atoms with Gasteiger partial charge in [-0.05, 0) is 115 Å². The third kappa shape index (κ3) is 13.1. The molecular formula is C58H75N11O7S. The van der Waals surface area contributed by atoms with Crippen molar-refractivity contribution in [2.45, 2.75) is 154 Å². The number of fused-ring (bicyclic) bond motifs is 1. The number of ketones is 2. The van der Waals surface area contributed by atoms with E-state index < -0.39 is 12.1 Å². The van der Waals surface area contributed by atoms with Gasteiger partial charge < -0.3 is 35.4 Å². The van der Waals surface area contributed by atoms with E-state index >= 15 is 0 Å². The summed E-state index contributed by atoms with van der Waals surface area (Å²) in [5.74, 6) is 1.13. The Balaban J connectivity index is 0.675. The summed E-state index contributed by atoms with van der Waals surface area (Å²) < 4.78 is 7.78. The van der Waals surface area contributed by atoms with E-state index in [-0.39, 0.29) is 58.4 Å². The number of hydrogen-bond acceptors (Lipinski definition) is 15. The maximum Gasteiger partial charge on any atom is 0.263 e. The molecule has 0 radical (unpaired) electrons. The number of amides is 3. The number of aryl methyl sites for hydroxylation is 1. The lowest BCUT2D eigenvalue weighted by Crippen LogP contribution is -2.55. The second-order valence-electron chi connectivity index (χ2n) is 21.4. The van der Waals surface area contributed by atoms with Gasteiger partial charge in [-0.15, -0.1) is 11.3 Å². The normalized spacial score (nSPS) is 18.1. The summed E-state index contributed by atoms with van der Waals surface area (Å²) in [6.45, 7) is 8.84. The van der Waals surface area contributed by atoms with Crippen LogP contribution in [0.25, 0.3) is 11.0 Å². The first-order valence-electron chi connectivity index (χ1n) is 28.1. The van der Waals surface area contributed by atoms with Crippen LogP contribution < -0.4 is 31.1 Å². The number of likely N-dealkylation sites (tertiary alicyclic amines) is 1. The molecule has 19 heteroatoms. The van der Waals surface area contributed by atoms with Crippen molar-refractivity contribution in [2.75, 3.05) is 56.6 Å². The molecule has 0 spiro atoms. The summed E-state index contributed by atoms with van der Waals surface area (Å²) in [6.07, 6.45) is 19.1. The highest BCUT2D eigenvalue weighted by Crippen LogP contribution is 2.37. The van der Waals surface area contributed by atoms with Gasteiger partial charge >= 0.3 is 0 Å². The second kappa shape index (κ2) is 25.7. The van der Waals surface area contributed by atoms with E-state index in [1.807, 2.05) is 40.3 Å². The molecule has 2 saturated carbocycles. The molecule has 6 heterocycles. The number of hydrogen-bond donors (Lipinski definition) is 3. The molecule has 4 aromatic heterocycles. The van der Waals surface area contributed by atoms with Crippen molar-refractivity contribution in [3.63, 3.8) is 0 Å². The Bertz CT molecular complexity index is 2960. The van der Waals surface area contributed by atoms with Crippen LogP contribution in [-0.2, 0) is 14.4 Å². The monoisotopic (exact) mass is 1070 g/mol. The van der Waals surface area contributed by atoms with E-state index in [1.165, 1.54) is 18.3 Å². The SMILES string of the molecule is CN[C@@H](C)C(=O)N[C@H](C(=O)N1CCC[C@H]1c1nc(C(=O)c2cccc(OCCCCCCCC(=O)N3CCN(c4ccc(Nc5ncc6c(C)c(C(C)=O)c(=O)n(C7CCCC7)c6n5)nc4)CC3)c2)cs1)C1CCCCC1. The molecule has 3 N–H and O–H groups in total. The number of unbranched alkanes of at least 4 members (excludes halogenated alkanes) is 4. The molecule has 3 amide bonds. The Morgan fingerprint density at radius 3 is 2.32 bits per heavy atom. The smallest absolute Gasteiger partial charge is 0.263 e. The number of aromatic nitrogens is 5. The highest BCUT2D eigenvalue weighted by atomic mass is 32.1. The van der Waals surface area contributed by atoms with Gasteiger partial charge in [0, 0.05) is 67.7 Å². The van der Waals surface area contributed by atoms with Crippen molar-refractivity contribution in [1.29, 1.82) is 0 Å². The van der Waals surface area contributed by atoms with E-state index in [2.05, 4.69) is 30.8 Å². The van der Waals surface area contributed by atoms with Crippen LogP contribution in [0.5, 0.6) is 5.75 Å². The fourth-order valence-corrected chi connectivity index (χ4v) is 12.6. The summed E-state index contributed by atoms with van der Waals surface area (Å²) >= 11 is 1.41. The summed E-state index contributed by atoms with van der Waals surface area (Å²) in [6, 6.07) is 9.86. The average molecular weight is 1070 g/mol. The minimum atomic E-state index is -0.578. The zero-order chi connectivity index (χ0) is 54.0. The Kier molecular flexibility index (Phi) is 18.4. The third-order valence-electron chi connectivity index (χ3n) is 16.2. The number of Topliss-reactive ketones (excluding diaryl/α,β-unsaturated/α-hetero) is 1. The topological polar surface area (TPSA) is 214 Å². The first-order chi connectivity index (χ1) is 37.4. The molecular weight excluding hydrogens is 995 g/mol. The number of carbonyl (C=O) groups excluding carboxylic acids is 5. The first kappa shape index (κ1) is 55.2. The largest absolute Gasteiger partial charge is 0.494 e. The Morgan fingerprint density at radius 1 is 0.831 bits per heavy atom. The molecule has 18 nitrogen and oxygen atoms in total. The van der Waals surface area contributed by atoms with Crippen LogP contribution in [0.15, 0.2) is 59.0 Å².